The number of piperidine rings is 2. The van der Waals surface area contributed by atoms with Gasteiger partial charge in [-0.1, -0.05) is 12.1 Å². The van der Waals surface area contributed by atoms with E-state index in [1.165, 1.54) is 0 Å². The fraction of sp³-hybridized carbons (Fsp3) is 0.465. The molecule has 2 aliphatic heterocycles. The first-order valence-corrected chi connectivity index (χ1v) is 20.8. The summed E-state index contributed by atoms with van der Waals surface area (Å²) < 4.78 is 12.5. The van der Waals surface area contributed by atoms with Crippen molar-refractivity contribution < 1.29 is 19.1 Å². The Labute approximate surface area is 341 Å². The second kappa shape index (κ2) is 16.1. The number of hydrogen-bond donors (Lipinski definition) is 2. The summed E-state index contributed by atoms with van der Waals surface area (Å²) in [6.07, 6.45) is 14.3. The van der Waals surface area contributed by atoms with Crippen LogP contribution in [-0.2, 0) is 23.1 Å². The summed E-state index contributed by atoms with van der Waals surface area (Å²) in [5.41, 5.74) is 4.36. The summed E-state index contributed by atoms with van der Waals surface area (Å²) in [4.78, 5) is 60.7. The normalized spacial score (nSPS) is 20.8. The van der Waals surface area contributed by atoms with Crippen LogP contribution < -0.4 is 21.1 Å². The Balaban J connectivity index is 0.765. The van der Waals surface area contributed by atoms with Gasteiger partial charge in [0.05, 0.1) is 41.5 Å². The van der Waals surface area contributed by atoms with Gasteiger partial charge in [-0.05, 0) is 114 Å². The number of rotatable bonds is 11. The largest absolute Gasteiger partial charge is 0.496 e. The van der Waals surface area contributed by atoms with Gasteiger partial charge in [0.1, 0.15) is 11.8 Å². The molecule has 16 nitrogen and oxygen atoms in total. The summed E-state index contributed by atoms with van der Waals surface area (Å²) in [6.45, 7) is 3.13. The van der Waals surface area contributed by atoms with E-state index in [0.717, 1.165) is 98.5 Å². The summed E-state index contributed by atoms with van der Waals surface area (Å²) in [7, 11) is 5.64. The number of hydrogen-bond acceptors (Lipinski definition) is 10. The topological polar surface area (TPSA) is 166 Å². The van der Waals surface area contributed by atoms with E-state index in [0.29, 0.717) is 47.3 Å². The molecular formula is C43H51N11O5. The Kier molecular flexibility index (Phi) is 10.5. The van der Waals surface area contributed by atoms with Crippen molar-refractivity contribution in [3.8, 4) is 5.75 Å². The van der Waals surface area contributed by atoms with Crippen molar-refractivity contribution in [3.05, 3.63) is 82.7 Å². The molecule has 9 rings (SSSR count). The summed E-state index contributed by atoms with van der Waals surface area (Å²) in [6, 6.07) is 14.0. The highest BCUT2D eigenvalue weighted by molar-refractivity contribution is 6.08. The number of benzene rings is 2. The van der Waals surface area contributed by atoms with Crippen LogP contribution in [0.3, 0.4) is 0 Å². The number of likely N-dealkylation sites (tertiary alicyclic amines) is 1. The first kappa shape index (κ1) is 38.6. The van der Waals surface area contributed by atoms with Crippen LogP contribution in [0.15, 0.2) is 65.8 Å². The maximum atomic E-state index is 13.4. The number of aryl methyl sites for hydroxylation is 2. The van der Waals surface area contributed by atoms with Crippen molar-refractivity contribution in [2.75, 3.05) is 39.1 Å². The zero-order chi connectivity index (χ0) is 40.8. The number of methoxy groups -OCH3 is 1. The molecule has 59 heavy (non-hydrogen) atoms. The molecule has 308 valence electrons. The SMILES string of the molecule is COc1cc2nn(C3CCC(N(C)C4CCN(CCCc5cccc6c5n(C)c(=O)n6C5CCC(=O)NC5=O)CC4)CC3)cc2cc1C(=O)Nc1cnc2cccnn12. The first-order valence-electron chi connectivity index (χ1n) is 20.8. The molecule has 3 amide bonds. The Morgan fingerprint density at radius 2 is 1.80 bits per heavy atom. The fourth-order valence-corrected chi connectivity index (χ4v) is 9.73. The zero-order valence-corrected chi connectivity index (χ0v) is 33.8. The maximum absolute atomic E-state index is 13.4. The summed E-state index contributed by atoms with van der Waals surface area (Å²) in [5, 5.41) is 15.5. The van der Waals surface area contributed by atoms with E-state index in [-0.39, 0.29) is 23.9 Å². The number of carbonyl (C=O) groups excluding carboxylic acids is 3. The number of ether oxygens (including phenoxy) is 1. The number of imide groups is 1. The lowest BCUT2D eigenvalue weighted by molar-refractivity contribution is -0.135. The number of fused-ring (bicyclic) bond motifs is 3. The average Bonchev–Trinajstić information content (AvgIpc) is 3.94. The highest BCUT2D eigenvalue weighted by Crippen LogP contribution is 2.35. The smallest absolute Gasteiger partial charge is 0.329 e. The van der Waals surface area contributed by atoms with Gasteiger partial charge >= 0.3 is 5.69 Å². The number of carbonyl (C=O) groups is 3. The highest BCUT2D eigenvalue weighted by Gasteiger charge is 2.33. The molecule has 0 bridgehead atoms. The van der Waals surface area contributed by atoms with Crippen molar-refractivity contribution in [1.29, 1.82) is 0 Å². The van der Waals surface area contributed by atoms with Crippen molar-refractivity contribution in [3.63, 3.8) is 0 Å². The number of nitrogens with one attached hydrogen (secondary N) is 2. The Morgan fingerprint density at radius 1 is 1.00 bits per heavy atom. The Hall–Kier alpha value is -5.87. The zero-order valence-electron chi connectivity index (χ0n) is 33.8. The fourth-order valence-electron chi connectivity index (χ4n) is 9.73. The van der Waals surface area contributed by atoms with Crippen LogP contribution in [0.5, 0.6) is 5.75 Å². The molecule has 1 atom stereocenters. The summed E-state index contributed by atoms with van der Waals surface area (Å²) >= 11 is 0. The van der Waals surface area contributed by atoms with E-state index < -0.39 is 11.9 Å². The summed E-state index contributed by atoms with van der Waals surface area (Å²) in [5.74, 6) is -0.0614. The molecule has 6 aromatic rings. The van der Waals surface area contributed by atoms with Crippen LogP contribution in [0, 0.1) is 0 Å². The monoisotopic (exact) mass is 801 g/mol. The van der Waals surface area contributed by atoms with E-state index in [1.54, 1.807) is 46.3 Å². The first-order chi connectivity index (χ1) is 28.7. The van der Waals surface area contributed by atoms with E-state index in [9.17, 15) is 19.2 Å². The number of anilines is 1. The Morgan fingerprint density at radius 3 is 2.58 bits per heavy atom. The lowest BCUT2D eigenvalue weighted by Gasteiger charge is -2.42. The van der Waals surface area contributed by atoms with Gasteiger partial charge < -0.3 is 19.9 Å². The predicted octanol–water partition coefficient (Wildman–Crippen LogP) is 4.48. The number of imidazole rings is 2. The van der Waals surface area contributed by atoms with Crippen LogP contribution in [0.4, 0.5) is 5.82 Å². The van der Waals surface area contributed by atoms with Gasteiger partial charge in [0.25, 0.3) is 5.91 Å². The molecule has 3 aliphatic rings. The van der Waals surface area contributed by atoms with Crippen LogP contribution >= 0.6 is 0 Å². The molecule has 2 saturated heterocycles. The third-order valence-electron chi connectivity index (χ3n) is 13.0. The van der Waals surface area contributed by atoms with Crippen molar-refractivity contribution >= 4 is 51.1 Å². The Bertz CT molecular complexity index is 2610. The molecule has 16 heteroatoms. The van der Waals surface area contributed by atoms with Crippen molar-refractivity contribution in [2.24, 2.45) is 7.05 Å². The molecule has 0 radical (unpaired) electrons. The minimum absolute atomic E-state index is 0.227. The molecular weight excluding hydrogens is 751 g/mol. The van der Waals surface area contributed by atoms with E-state index >= 15 is 0 Å². The third-order valence-corrected chi connectivity index (χ3v) is 13.0. The van der Waals surface area contributed by atoms with Crippen LogP contribution in [-0.4, -0.2) is 107 Å². The molecule has 1 aliphatic carbocycles. The molecule has 2 aromatic carbocycles. The number of nitrogens with zero attached hydrogens (tertiary/aromatic N) is 9. The molecule has 2 N–H and O–H groups in total. The predicted molar refractivity (Wildman–Crippen MR) is 223 cm³/mol. The van der Waals surface area contributed by atoms with Gasteiger partial charge in [-0.3, -0.25) is 33.5 Å². The lowest BCUT2D eigenvalue weighted by atomic mass is 9.88. The number of amides is 3. The van der Waals surface area contributed by atoms with Gasteiger partial charge in [-0.2, -0.15) is 14.7 Å². The highest BCUT2D eigenvalue weighted by atomic mass is 16.5. The van der Waals surface area contributed by atoms with E-state index in [4.69, 9.17) is 9.84 Å². The molecule has 4 aromatic heterocycles. The van der Waals surface area contributed by atoms with Crippen LogP contribution in [0.2, 0.25) is 0 Å². The van der Waals surface area contributed by atoms with Gasteiger partial charge in [-0.25, -0.2) is 9.78 Å². The maximum Gasteiger partial charge on any atom is 0.329 e. The minimum atomic E-state index is -0.679. The second-order valence-corrected chi connectivity index (χ2v) is 16.4. The molecule has 0 spiro atoms. The minimum Gasteiger partial charge on any atom is -0.496 e. The third kappa shape index (κ3) is 7.39. The van der Waals surface area contributed by atoms with E-state index in [2.05, 4.69) is 54.5 Å². The standard InChI is InChI=1S/C43H51N11O5/c1-49(30-17-21-51(22-18-30)20-6-8-27-7-4-9-34-40(27)50(2)43(58)53(34)35-15-16-39(55)47-42(35)57)29-11-13-31(14-12-29)52-26-28-23-32(36(59-3)24-33(28)48-52)41(56)46-38-25-44-37-10-5-19-45-54(37)38/h4-5,7,9-10,19,23-26,29-31,35H,6,8,11-18,20-22H2,1-3H3,(H,46,56)(H,47,55,57). The van der Waals surface area contributed by atoms with Crippen LogP contribution in [0.1, 0.15) is 85.8 Å². The second-order valence-electron chi connectivity index (χ2n) is 16.4. The quantitative estimate of drug-likeness (QED) is 0.179. The van der Waals surface area contributed by atoms with Gasteiger partial charge in [0, 0.05) is 49.4 Å². The van der Waals surface area contributed by atoms with Crippen LogP contribution in [0.25, 0.3) is 27.6 Å². The average molecular weight is 802 g/mol. The van der Waals surface area contributed by atoms with Gasteiger partial charge in [-0.15, -0.1) is 0 Å². The number of para-hydroxylation sites is 1. The van der Waals surface area contributed by atoms with Crippen molar-refractivity contribution in [2.45, 2.75) is 88.4 Å². The molecule has 1 saturated carbocycles. The van der Waals surface area contributed by atoms with Crippen molar-refractivity contribution in [1.82, 2.24) is 48.6 Å². The molecule has 1 unspecified atom stereocenters. The van der Waals surface area contributed by atoms with Gasteiger partial charge in [0.2, 0.25) is 11.8 Å². The molecule has 3 fully saturated rings. The molecule has 6 heterocycles. The lowest BCUT2D eigenvalue weighted by Crippen LogP contribution is -2.48. The number of aromatic nitrogens is 7. The van der Waals surface area contributed by atoms with E-state index in [1.807, 2.05) is 30.3 Å². The van der Waals surface area contributed by atoms with Gasteiger partial charge in [0.15, 0.2) is 11.5 Å².